The van der Waals surface area contributed by atoms with E-state index in [4.69, 9.17) is 0 Å². The van der Waals surface area contributed by atoms with Crippen LogP contribution in [0.2, 0.25) is 0 Å². The fraction of sp³-hybridized carbons (Fsp3) is 0.500. The molecule has 2 rings (SSSR count). The zero-order valence-electron chi connectivity index (χ0n) is 13.2. The number of aryl methyl sites for hydroxylation is 1. The van der Waals surface area contributed by atoms with Gasteiger partial charge in [0.05, 0.1) is 11.3 Å². The van der Waals surface area contributed by atoms with Crippen LogP contribution in [-0.4, -0.2) is 32.0 Å². The van der Waals surface area contributed by atoms with Crippen molar-refractivity contribution in [1.82, 2.24) is 20.1 Å². The number of aliphatic hydroxyl groups is 1. The van der Waals surface area contributed by atoms with Gasteiger partial charge in [-0.2, -0.15) is 5.10 Å². The van der Waals surface area contributed by atoms with Crippen LogP contribution in [0.4, 0.5) is 0 Å². The molecule has 5 heteroatoms. The Balaban J connectivity index is 1.98. The van der Waals surface area contributed by atoms with Gasteiger partial charge < -0.3 is 10.4 Å². The maximum Gasteiger partial charge on any atom is 0.138 e. The summed E-state index contributed by atoms with van der Waals surface area (Å²) in [4.78, 5) is 3.97. The average Bonchev–Trinajstić information content (AvgIpc) is 2.92. The summed E-state index contributed by atoms with van der Waals surface area (Å²) in [6.07, 6.45) is 3.23. The first kappa shape index (κ1) is 15.7. The molecule has 0 bridgehead atoms. The van der Waals surface area contributed by atoms with Gasteiger partial charge in [0.15, 0.2) is 0 Å². The monoisotopic (exact) mass is 288 g/mol. The topological polar surface area (TPSA) is 63.0 Å². The van der Waals surface area contributed by atoms with E-state index in [1.54, 1.807) is 11.0 Å². The quantitative estimate of drug-likeness (QED) is 0.854. The Hall–Kier alpha value is -1.72. The van der Waals surface area contributed by atoms with E-state index in [-0.39, 0.29) is 5.92 Å². The highest BCUT2D eigenvalue weighted by Crippen LogP contribution is 2.16. The van der Waals surface area contributed by atoms with E-state index >= 15 is 0 Å². The van der Waals surface area contributed by atoms with Gasteiger partial charge in [0.1, 0.15) is 12.7 Å². The Morgan fingerprint density at radius 1 is 1.38 bits per heavy atom. The van der Waals surface area contributed by atoms with Gasteiger partial charge in [-0.15, -0.1) is 0 Å². The predicted molar refractivity (Wildman–Crippen MR) is 83.3 cm³/mol. The highest BCUT2D eigenvalue weighted by molar-refractivity contribution is 5.41. The smallest absolute Gasteiger partial charge is 0.138 e. The summed E-state index contributed by atoms with van der Waals surface area (Å²) in [6, 6.07) is 6.25. The van der Waals surface area contributed by atoms with Gasteiger partial charge in [-0.05, 0) is 37.0 Å². The van der Waals surface area contributed by atoms with E-state index in [9.17, 15) is 5.11 Å². The standard InChI is InChI=1S/C16H24N4O/c1-12(2)16(4,21)9-17-8-14-5-6-15(13(3)7-14)20-11-18-10-19-20/h5-7,10-12,17,21H,8-9H2,1-4H3. The molecule has 5 nitrogen and oxygen atoms in total. The number of nitrogens with zero attached hydrogens (tertiary/aromatic N) is 3. The normalized spacial score (nSPS) is 14.4. The second-order valence-electron chi connectivity index (χ2n) is 6.08. The summed E-state index contributed by atoms with van der Waals surface area (Å²) in [6.45, 7) is 9.29. The van der Waals surface area contributed by atoms with Crippen LogP contribution in [0.25, 0.3) is 5.69 Å². The Morgan fingerprint density at radius 3 is 2.71 bits per heavy atom. The summed E-state index contributed by atoms with van der Waals surface area (Å²) in [5, 5.41) is 17.7. The van der Waals surface area contributed by atoms with Crippen molar-refractivity contribution in [2.24, 2.45) is 5.92 Å². The van der Waals surface area contributed by atoms with E-state index in [0.29, 0.717) is 6.54 Å². The van der Waals surface area contributed by atoms with Crippen molar-refractivity contribution in [2.75, 3.05) is 6.54 Å². The van der Waals surface area contributed by atoms with E-state index in [1.165, 1.54) is 11.9 Å². The molecule has 0 aliphatic rings. The molecular formula is C16H24N4O. The number of benzene rings is 1. The maximum absolute atomic E-state index is 10.2. The fourth-order valence-corrected chi connectivity index (χ4v) is 2.08. The predicted octanol–water partition coefficient (Wildman–Crippen LogP) is 2.07. The van der Waals surface area contributed by atoms with Gasteiger partial charge in [0, 0.05) is 13.1 Å². The van der Waals surface area contributed by atoms with Crippen LogP contribution in [0.1, 0.15) is 31.9 Å². The summed E-state index contributed by atoms with van der Waals surface area (Å²) >= 11 is 0. The molecule has 0 aliphatic heterocycles. The Morgan fingerprint density at radius 2 is 2.14 bits per heavy atom. The lowest BCUT2D eigenvalue weighted by atomic mass is 9.92. The van der Waals surface area contributed by atoms with E-state index in [1.807, 2.05) is 26.8 Å². The lowest BCUT2D eigenvalue weighted by molar-refractivity contribution is 0.0140. The second-order valence-corrected chi connectivity index (χ2v) is 6.08. The molecule has 0 amide bonds. The minimum atomic E-state index is -0.685. The lowest BCUT2D eigenvalue weighted by Crippen LogP contribution is -2.41. The molecule has 1 aromatic heterocycles. The number of nitrogens with one attached hydrogen (secondary N) is 1. The van der Waals surface area contributed by atoms with Crippen molar-refractivity contribution < 1.29 is 5.11 Å². The van der Waals surface area contributed by atoms with Gasteiger partial charge >= 0.3 is 0 Å². The molecule has 1 atom stereocenters. The molecule has 1 unspecified atom stereocenters. The van der Waals surface area contributed by atoms with Gasteiger partial charge in [0.25, 0.3) is 0 Å². The highest BCUT2D eigenvalue weighted by Gasteiger charge is 2.23. The van der Waals surface area contributed by atoms with E-state index in [0.717, 1.165) is 17.8 Å². The first-order chi connectivity index (χ1) is 9.90. The van der Waals surface area contributed by atoms with Crippen LogP contribution in [0, 0.1) is 12.8 Å². The van der Waals surface area contributed by atoms with Gasteiger partial charge in [-0.1, -0.05) is 26.0 Å². The third-order valence-corrected chi connectivity index (χ3v) is 3.98. The Bertz CT molecular complexity index is 576. The summed E-state index contributed by atoms with van der Waals surface area (Å²) in [5.41, 5.74) is 2.69. The zero-order chi connectivity index (χ0) is 15.5. The lowest BCUT2D eigenvalue weighted by Gasteiger charge is -2.28. The molecule has 1 heterocycles. The van der Waals surface area contributed by atoms with Crippen molar-refractivity contribution >= 4 is 0 Å². The molecular weight excluding hydrogens is 264 g/mol. The van der Waals surface area contributed by atoms with Crippen molar-refractivity contribution in [3.63, 3.8) is 0 Å². The number of hydrogen-bond donors (Lipinski definition) is 2. The molecule has 0 fully saturated rings. The summed E-state index contributed by atoms with van der Waals surface area (Å²) in [5.74, 6) is 0.224. The Labute approximate surface area is 126 Å². The van der Waals surface area contributed by atoms with Crippen LogP contribution in [0.3, 0.4) is 0 Å². The van der Waals surface area contributed by atoms with Crippen LogP contribution >= 0.6 is 0 Å². The minimum Gasteiger partial charge on any atom is -0.389 e. The van der Waals surface area contributed by atoms with Gasteiger partial charge in [-0.25, -0.2) is 9.67 Å². The van der Waals surface area contributed by atoms with E-state index in [2.05, 4.69) is 34.5 Å². The molecule has 114 valence electrons. The molecule has 0 radical (unpaired) electrons. The number of hydrogen-bond acceptors (Lipinski definition) is 4. The second kappa shape index (κ2) is 6.37. The SMILES string of the molecule is Cc1cc(CNCC(C)(O)C(C)C)ccc1-n1cncn1. The molecule has 2 aromatic rings. The average molecular weight is 288 g/mol. The van der Waals surface area contributed by atoms with Crippen LogP contribution in [-0.2, 0) is 6.54 Å². The van der Waals surface area contributed by atoms with Crippen molar-refractivity contribution in [2.45, 2.75) is 39.8 Å². The third-order valence-electron chi connectivity index (χ3n) is 3.98. The van der Waals surface area contributed by atoms with Crippen LogP contribution in [0.15, 0.2) is 30.9 Å². The summed E-state index contributed by atoms with van der Waals surface area (Å²) in [7, 11) is 0. The van der Waals surface area contributed by atoms with Crippen molar-refractivity contribution in [3.05, 3.63) is 42.0 Å². The first-order valence-corrected chi connectivity index (χ1v) is 7.28. The largest absolute Gasteiger partial charge is 0.389 e. The van der Waals surface area contributed by atoms with E-state index < -0.39 is 5.60 Å². The zero-order valence-corrected chi connectivity index (χ0v) is 13.2. The molecule has 21 heavy (non-hydrogen) atoms. The highest BCUT2D eigenvalue weighted by atomic mass is 16.3. The summed E-state index contributed by atoms with van der Waals surface area (Å²) < 4.78 is 1.76. The molecule has 0 spiro atoms. The molecule has 0 saturated heterocycles. The van der Waals surface area contributed by atoms with Gasteiger partial charge in [-0.3, -0.25) is 0 Å². The van der Waals surface area contributed by atoms with Crippen LogP contribution < -0.4 is 5.32 Å². The molecule has 2 N–H and O–H groups in total. The number of rotatable bonds is 6. The maximum atomic E-state index is 10.2. The van der Waals surface area contributed by atoms with Crippen molar-refractivity contribution in [3.8, 4) is 5.69 Å². The minimum absolute atomic E-state index is 0.224. The number of aromatic nitrogens is 3. The Kier molecular flexibility index (Phi) is 4.75. The fourth-order valence-electron chi connectivity index (χ4n) is 2.08. The third kappa shape index (κ3) is 3.89. The molecule has 0 aliphatic carbocycles. The van der Waals surface area contributed by atoms with Gasteiger partial charge in [0.2, 0.25) is 0 Å². The van der Waals surface area contributed by atoms with Crippen LogP contribution in [0.5, 0.6) is 0 Å². The first-order valence-electron chi connectivity index (χ1n) is 7.28. The molecule has 1 aromatic carbocycles. The molecule has 0 saturated carbocycles. The van der Waals surface area contributed by atoms with Crippen molar-refractivity contribution in [1.29, 1.82) is 0 Å².